The topological polar surface area (TPSA) is 34.1 Å². The van der Waals surface area contributed by atoms with Gasteiger partial charge in [-0.1, -0.05) is 44.9 Å². The molecule has 0 aliphatic carbocycles. The van der Waals surface area contributed by atoms with Crippen LogP contribution in [0.25, 0.3) is 0 Å². The first-order valence-corrected chi connectivity index (χ1v) is 10.5. The van der Waals surface area contributed by atoms with Crippen molar-refractivity contribution in [2.75, 3.05) is 36.4 Å². The van der Waals surface area contributed by atoms with Crippen molar-refractivity contribution in [1.29, 1.82) is 0 Å². The van der Waals surface area contributed by atoms with E-state index in [4.69, 9.17) is 46.4 Å². The second-order valence-corrected chi connectivity index (χ2v) is 7.49. The van der Waals surface area contributed by atoms with E-state index >= 15 is 0 Å². The van der Waals surface area contributed by atoms with Crippen LogP contribution in [0.1, 0.15) is 27.7 Å². The molecule has 0 aromatic rings. The van der Waals surface area contributed by atoms with Crippen molar-refractivity contribution in [3.05, 3.63) is 0 Å². The molecule has 0 amide bonds. The lowest BCUT2D eigenvalue weighted by atomic mass is 10.9. The second-order valence-electron chi connectivity index (χ2n) is 2.69. The molecule has 0 aromatic heterocycles. The highest BCUT2D eigenvalue weighted by molar-refractivity contribution is 7.38. The van der Waals surface area contributed by atoms with E-state index in [0.717, 1.165) is 0 Å². The average Bonchev–Trinajstić information content (AvgIpc) is 2.42. The molecular weight excluding hydrogens is 380 g/mol. The molecule has 0 N–H and O–H groups in total. The maximum absolute atomic E-state index is 9.45. The third kappa shape index (κ3) is 74.5. The molecule has 0 aliphatic rings. The van der Waals surface area contributed by atoms with Crippen molar-refractivity contribution in [2.45, 2.75) is 27.7 Å². The molecule has 0 saturated heterocycles. The first-order chi connectivity index (χ1) is 9.37. The van der Waals surface area contributed by atoms with Gasteiger partial charge in [0.1, 0.15) is 0 Å². The molecule has 0 saturated carbocycles. The van der Waals surface area contributed by atoms with Gasteiger partial charge in [-0.15, -0.1) is 23.2 Å². The van der Waals surface area contributed by atoms with E-state index in [1.807, 2.05) is 0 Å². The first kappa shape index (κ1) is 29.4. The molecule has 2 nitrogen and oxygen atoms in total. The zero-order valence-electron chi connectivity index (χ0n) is 12.5. The van der Waals surface area contributed by atoms with Crippen LogP contribution in [0.5, 0.6) is 0 Å². The molecule has 122 valence electrons. The third-order valence-electron chi connectivity index (χ3n) is 1.10. The van der Waals surface area contributed by atoms with Crippen LogP contribution < -0.4 is 0 Å². The predicted molar refractivity (Wildman–Crippen MR) is 99.2 cm³/mol. The van der Waals surface area contributed by atoms with Gasteiger partial charge in [-0.25, -0.2) is 0 Å². The number of alkyl halides is 2. The van der Waals surface area contributed by atoms with E-state index in [-0.39, 0.29) is 11.8 Å². The lowest BCUT2D eigenvalue weighted by Crippen LogP contribution is -1.81. The molecular formula is C12H24Cl4O2P2. The molecule has 0 unspecified atom stereocenters. The molecule has 0 aliphatic heterocycles. The Balaban J connectivity index is -0.0000000853. The summed E-state index contributed by atoms with van der Waals surface area (Å²) in [7, 11) is 3.16. The van der Waals surface area contributed by atoms with Crippen LogP contribution in [0.4, 0.5) is 0 Å². The Morgan fingerprint density at radius 2 is 0.850 bits per heavy atom. The minimum absolute atomic E-state index is 0.0957. The van der Waals surface area contributed by atoms with Gasteiger partial charge in [-0.05, 0) is 47.8 Å². The van der Waals surface area contributed by atoms with Gasteiger partial charge in [0.15, 0.2) is 0 Å². The van der Waals surface area contributed by atoms with Crippen LogP contribution >= 0.6 is 63.6 Å². The monoisotopic (exact) mass is 402 g/mol. The Hall–Kier alpha value is 1.36. The third-order valence-corrected chi connectivity index (χ3v) is 3.92. The Morgan fingerprint density at radius 3 is 0.850 bits per heavy atom. The zero-order valence-corrected chi connectivity index (χ0v) is 17.3. The molecule has 2 radical (unpaired) electrons. The lowest BCUT2D eigenvalue weighted by Gasteiger charge is -1.78. The van der Waals surface area contributed by atoms with Crippen LogP contribution in [0, 0.1) is 0 Å². The fourth-order valence-corrected chi connectivity index (χ4v) is 1.34. The van der Waals surface area contributed by atoms with E-state index in [1.54, 1.807) is 17.2 Å². The maximum Gasteiger partial charge on any atom is 0.236 e. The lowest BCUT2D eigenvalue weighted by molar-refractivity contribution is -0.110. The molecule has 0 bridgehead atoms. The van der Waals surface area contributed by atoms with Gasteiger partial charge in [0.05, 0.1) is 11.8 Å². The van der Waals surface area contributed by atoms with Crippen LogP contribution in [0.15, 0.2) is 0 Å². The summed E-state index contributed by atoms with van der Waals surface area (Å²) >= 11 is 19.1. The SMILES string of the molecule is CC[P]CC.CC[P]CC.O=C(Cl)CCl.O=C(Cl)CCl. The highest BCUT2D eigenvalue weighted by Crippen LogP contribution is 2.04. The molecule has 20 heavy (non-hydrogen) atoms. The van der Waals surface area contributed by atoms with Crippen LogP contribution in [0.2, 0.25) is 0 Å². The molecule has 8 heteroatoms. The molecule has 0 fully saturated rings. The van der Waals surface area contributed by atoms with Gasteiger partial charge < -0.3 is 0 Å². The summed E-state index contributed by atoms with van der Waals surface area (Å²) in [4.78, 5) is 18.9. The van der Waals surface area contributed by atoms with Gasteiger partial charge in [0.2, 0.25) is 10.5 Å². The van der Waals surface area contributed by atoms with E-state index in [9.17, 15) is 9.59 Å². The average molecular weight is 404 g/mol. The Kier molecular flexibility index (Phi) is 47.5. The number of hydrogen-bond acceptors (Lipinski definition) is 2. The van der Waals surface area contributed by atoms with E-state index in [1.165, 1.54) is 24.6 Å². The van der Waals surface area contributed by atoms with E-state index in [2.05, 4.69) is 27.7 Å². The standard InChI is InChI=1S/2C4H10P.2C2H2Cl2O/c2*1-3-5-4-2;2*3-1-2(4)5/h2*3-4H2,1-2H3;2*1H2. The fourth-order valence-electron chi connectivity index (χ4n) is 0.447. The van der Waals surface area contributed by atoms with Crippen molar-refractivity contribution >= 4 is 74.1 Å². The maximum atomic E-state index is 9.45. The molecule has 0 atom stereocenters. The van der Waals surface area contributed by atoms with Crippen LogP contribution in [-0.2, 0) is 9.59 Å². The molecule has 0 aromatic carbocycles. The molecule has 0 rings (SSSR count). The second kappa shape index (κ2) is 32.3. The number of halogens is 4. The van der Waals surface area contributed by atoms with Crippen molar-refractivity contribution in [3.63, 3.8) is 0 Å². The van der Waals surface area contributed by atoms with Crippen molar-refractivity contribution in [3.8, 4) is 0 Å². The number of carbonyl (C=O) groups is 2. The summed E-state index contributed by atoms with van der Waals surface area (Å²) in [5.41, 5.74) is 0. The minimum atomic E-state index is -0.508. The summed E-state index contributed by atoms with van der Waals surface area (Å²) in [6.07, 6.45) is 5.26. The Labute approximate surface area is 147 Å². The van der Waals surface area contributed by atoms with E-state index < -0.39 is 10.5 Å². The van der Waals surface area contributed by atoms with Crippen LogP contribution in [-0.4, -0.2) is 46.9 Å². The fraction of sp³-hybridized carbons (Fsp3) is 0.833. The minimum Gasteiger partial charge on any atom is -0.280 e. The van der Waals surface area contributed by atoms with E-state index in [0.29, 0.717) is 0 Å². The molecule has 0 spiro atoms. The van der Waals surface area contributed by atoms with Crippen molar-refractivity contribution < 1.29 is 9.59 Å². The van der Waals surface area contributed by atoms with Gasteiger partial charge >= 0.3 is 0 Å². The van der Waals surface area contributed by atoms with Crippen molar-refractivity contribution in [1.82, 2.24) is 0 Å². The van der Waals surface area contributed by atoms with Gasteiger partial charge in [-0.3, -0.25) is 9.59 Å². The smallest absolute Gasteiger partial charge is 0.236 e. The first-order valence-electron chi connectivity index (χ1n) is 6.12. The predicted octanol–water partition coefficient (Wildman–Crippen LogP) is 5.93. The summed E-state index contributed by atoms with van der Waals surface area (Å²) in [6, 6.07) is 0. The van der Waals surface area contributed by atoms with Gasteiger partial charge in [0, 0.05) is 0 Å². The summed E-state index contributed by atoms with van der Waals surface area (Å²) in [5.74, 6) is -0.191. The number of carbonyl (C=O) groups excluding carboxylic acids is 2. The normalized spacial score (nSPS) is 8.00. The van der Waals surface area contributed by atoms with Crippen molar-refractivity contribution in [2.24, 2.45) is 0 Å². The number of hydrogen-bond donors (Lipinski definition) is 0. The van der Waals surface area contributed by atoms with Crippen LogP contribution in [0.3, 0.4) is 0 Å². The summed E-state index contributed by atoms with van der Waals surface area (Å²) in [5, 5.41) is -1.02. The summed E-state index contributed by atoms with van der Waals surface area (Å²) < 4.78 is 0. The Bertz CT molecular complexity index is 172. The van der Waals surface area contributed by atoms with Gasteiger partial charge in [-0.2, -0.15) is 0 Å². The zero-order chi connectivity index (χ0) is 16.8. The summed E-state index contributed by atoms with van der Waals surface area (Å²) in [6.45, 7) is 8.80. The molecule has 0 heterocycles. The largest absolute Gasteiger partial charge is 0.280 e. The Morgan fingerprint density at radius 1 is 0.700 bits per heavy atom. The van der Waals surface area contributed by atoms with Gasteiger partial charge in [0.25, 0.3) is 0 Å². The number of rotatable bonds is 6. The highest BCUT2D eigenvalue weighted by atomic mass is 35.5. The quantitative estimate of drug-likeness (QED) is 0.313. The highest BCUT2D eigenvalue weighted by Gasteiger charge is 1.83.